The lowest BCUT2D eigenvalue weighted by atomic mass is 9.83. The van der Waals surface area contributed by atoms with Crippen molar-refractivity contribution in [3.05, 3.63) is 12.7 Å². The quantitative estimate of drug-likeness (QED) is 0.584. The Morgan fingerprint density at radius 2 is 2.05 bits per heavy atom. The van der Waals surface area contributed by atoms with Gasteiger partial charge in [0, 0.05) is 12.3 Å². The van der Waals surface area contributed by atoms with Crippen molar-refractivity contribution in [2.75, 3.05) is 6.61 Å². The van der Waals surface area contributed by atoms with Gasteiger partial charge in [-0.15, -0.1) is 6.58 Å². The summed E-state index contributed by atoms with van der Waals surface area (Å²) >= 11 is 0. The maximum atomic E-state index is 12.5. The Balaban J connectivity index is 2.12. The molecule has 2 aliphatic rings. The third-order valence-corrected chi connectivity index (χ3v) is 4.99. The summed E-state index contributed by atoms with van der Waals surface area (Å²) in [4.78, 5) is 12.5. The summed E-state index contributed by atoms with van der Waals surface area (Å²) in [6, 6.07) is 0. The minimum atomic E-state index is -0.532. The molecular formula is C17H28O3. The molecule has 20 heavy (non-hydrogen) atoms. The number of rotatable bonds is 3. The molecule has 0 aromatic heterocycles. The topological polar surface area (TPSA) is 35.5 Å². The Morgan fingerprint density at radius 3 is 2.60 bits per heavy atom. The molecule has 0 aromatic carbocycles. The molecule has 1 aliphatic carbocycles. The Bertz CT molecular complexity index is 388. The zero-order valence-corrected chi connectivity index (χ0v) is 13.3. The molecular weight excluding hydrogens is 252 g/mol. The number of ether oxygens (including phenoxy) is 2. The molecule has 1 heterocycles. The van der Waals surface area contributed by atoms with Crippen molar-refractivity contribution in [2.24, 2.45) is 17.8 Å². The molecule has 0 amide bonds. The highest BCUT2D eigenvalue weighted by Gasteiger charge is 2.48. The zero-order valence-electron chi connectivity index (χ0n) is 13.3. The highest BCUT2D eigenvalue weighted by atomic mass is 16.8. The van der Waals surface area contributed by atoms with Gasteiger partial charge in [-0.2, -0.15) is 0 Å². The normalized spacial score (nSPS) is 41.4. The number of ketones is 1. The standard InChI is InChI=1S/C17H28O3/c1-6-7-14-12(2)8-9-13(10-15(14)18)17(5)11-19-16(3,4)20-17/h6,12-14H,1,7-11H2,2-5H3/t12-,13+,14-,17+/m0/s1. The van der Waals surface area contributed by atoms with Crippen LogP contribution in [-0.4, -0.2) is 23.8 Å². The van der Waals surface area contributed by atoms with Gasteiger partial charge in [-0.1, -0.05) is 13.0 Å². The summed E-state index contributed by atoms with van der Waals surface area (Å²) in [5.41, 5.74) is -0.331. The van der Waals surface area contributed by atoms with Crippen LogP contribution >= 0.6 is 0 Å². The van der Waals surface area contributed by atoms with E-state index in [1.54, 1.807) is 0 Å². The van der Waals surface area contributed by atoms with Crippen molar-refractivity contribution >= 4 is 5.78 Å². The fourth-order valence-electron chi connectivity index (χ4n) is 3.68. The van der Waals surface area contributed by atoms with E-state index in [9.17, 15) is 4.79 Å². The van der Waals surface area contributed by atoms with E-state index in [2.05, 4.69) is 20.4 Å². The van der Waals surface area contributed by atoms with Gasteiger partial charge in [0.1, 0.15) is 5.78 Å². The van der Waals surface area contributed by atoms with Crippen molar-refractivity contribution in [1.29, 1.82) is 0 Å². The van der Waals surface area contributed by atoms with Gasteiger partial charge >= 0.3 is 0 Å². The van der Waals surface area contributed by atoms with Crippen molar-refractivity contribution < 1.29 is 14.3 Å². The predicted molar refractivity (Wildman–Crippen MR) is 79.3 cm³/mol. The third kappa shape index (κ3) is 3.15. The SMILES string of the molecule is C=CC[C@@H]1C(=O)C[C@H]([C@@]2(C)COC(C)(C)O2)CC[C@@H]1C. The number of carbonyl (C=O) groups is 1. The van der Waals surface area contributed by atoms with Gasteiger partial charge in [0.15, 0.2) is 5.79 Å². The lowest BCUT2D eigenvalue weighted by Gasteiger charge is -2.32. The average Bonchev–Trinajstić information content (AvgIpc) is 2.57. The molecule has 3 heteroatoms. The van der Waals surface area contributed by atoms with Gasteiger partial charge in [-0.3, -0.25) is 4.79 Å². The number of hydrogen-bond acceptors (Lipinski definition) is 3. The van der Waals surface area contributed by atoms with E-state index < -0.39 is 5.79 Å². The third-order valence-electron chi connectivity index (χ3n) is 4.99. The van der Waals surface area contributed by atoms with Crippen LogP contribution in [0.4, 0.5) is 0 Å². The van der Waals surface area contributed by atoms with E-state index in [1.807, 2.05) is 19.9 Å². The summed E-state index contributed by atoms with van der Waals surface area (Å²) in [7, 11) is 0. The molecule has 0 radical (unpaired) electrons. The fourth-order valence-corrected chi connectivity index (χ4v) is 3.68. The number of allylic oxidation sites excluding steroid dienone is 1. The Labute approximate surface area is 122 Å². The molecule has 1 saturated heterocycles. The largest absolute Gasteiger partial charge is 0.347 e. The first-order valence-electron chi connectivity index (χ1n) is 7.75. The van der Waals surface area contributed by atoms with Crippen molar-refractivity contribution in [1.82, 2.24) is 0 Å². The Morgan fingerprint density at radius 1 is 1.35 bits per heavy atom. The summed E-state index contributed by atoms with van der Waals surface area (Å²) in [6.45, 7) is 12.5. The monoisotopic (exact) mass is 280 g/mol. The van der Waals surface area contributed by atoms with E-state index in [1.165, 1.54) is 0 Å². The second-order valence-corrected chi connectivity index (χ2v) is 7.16. The number of hydrogen-bond donors (Lipinski definition) is 0. The van der Waals surface area contributed by atoms with Crippen LogP contribution < -0.4 is 0 Å². The van der Waals surface area contributed by atoms with Crippen LogP contribution in [0, 0.1) is 17.8 Å². The van der Waals surface area contributed by atoms with Gasteiger partial charge in [-0.05, 0) is 51.9 Å². The van der Waals surface area contributed by atoms with E-state index >= 15 is 0 Å². The molecule has 1 saturated carbocycles. The molecule has 2 fully saturated rings. The van der Waals surface area contributed by atoms with Gasteiger partial charge in [0.05, 0.1) is 12.2 Å². The molecule has 0 bridgehead atoms. The van der Waals surface area contributed by atoms with Crippen molar-refractivity contribution in [3.8, 4) is 0 Å². The van der Waals surface area contributed by atoms with E-state index in [-0.39, 0.29) is 17.4 Å². The summed E-state index contributed by atoms with van der Waals surface area (Å²) < 4.78 is 11.9. The van der Waals surface area contributed by atoms with Crippen LogP contribution in [0.25, 0.3) is 0 Å². The molecule has 0 unspecified atom stereocenters. The zero-order chi connectivity index (χ0) is 15.0. The molecule has 0 aromatic rings. The summed E-state index contributed by atoms with van der Waals surface area (Å²) in [5, 5.41) is 0. The average molecular weight is 280 g/mol. The molecule has 0 N–H and O–H groups in total. The van der Waals surface area contributed by atoms with Crippen LogP contribution in [0.3, 0.4) is 0 Å². The molecule has 1 aliphatic heterocycles. The van der Waals surface area contributed by atoms with Crippen LogP contribution in [0.1, 0.15) is 53.4 Å². The first-order chi connectivity index (χ1) is 9.27. The van der Waals surface area contributed by atoms with Gasteiger partial charge in [0.25, 0.3) is 0 Å². The molecule has 3 nitrogen and oxygen atoms in total. The molecule has 0 spiro atoms. The molecule has 4 atom stereocenters. The fraction of sp³-hybridized carbons (Fsp3) is 0.824. The maximum Gasteiger partial charge on any atom is 0.163 e. The van der Waals surface area contributed by atoms with E-state index in [4.69, 9.17) is 9.47 Å². The second kappa shape index (κ2) is 5.61. The maximum absolute atomic E-state index is 12.5. The summed E-state index contributed by atoms with van der Waals surface area (Å²) in [5.74, 6) is 0.667. The van der Waals surface area contributed by atoms with E-state index in [0.717, 1.165) is 19.3 Å². The van der Waals surface area contributed by atoms with Crippen LogP contribution in [0.5, 0.6) is 0 Å². The Kier molecular flexibility index (Phi) is 4.41. The minimum Gasteiger partial charge on any atom is -0.347 e. The lowest BCUT2D eigenvalue weighted by molar-refractivity contribution is -0.170. The highest BCUT2D eigenvalue weighted by molar-refractivity contribution is 5.82. The number of Topliss-reactive ketones (excluding diaryl/α,β-unsaturated/α-hetero) is 1. The minimum absolute atomic E-state index is 0.136. The smallest absolute Gasteiger partial charge is 0.163 e. The number of carbonyl (C=O) groups excluding carboxylic acids is 1. The second-order valence-electron chi connectivity index (χ2n) is 7.16. The van der Waals surface area contributed by atoms with Gasteiger partial charge in [0.2, 0.25) is 0 Å². The van der Waals surface area contributed by atoms with Crippen LogP contribution in [-0.2, 0) is 14.3 Å². The first-order valence-corrected chi connectivity index (χ1v) is 7.75. The van der Waals surface area contributed by atoms with Crippen LogP contribution in [0.2, 0.25) is 0 Å². The van der Waals surface area contributed by atoms with Gasteiger partial charge in [-0.25, -0.2) is 0 Å². The predicted octanol–water partition coefficient (Wildman–Crippen LogP) is 3.73. The summed E-state index contributed by atoms with van der Waals surface area (Å²) in [6.07, 6.45) is 5.40. The molecule has 114 valence electrons. The lowest BCUT2D eigenvalue weighted by Crippen LogP contribution is -2.40. The molecule has 2 rings (SSSR count). The van der Waals surface area contributed by atoms with Crippen molar-refractivity contribution in [3.63, 3.8) is 0 Å². The van der Waals surface area contributed by atoms with Crippen molar-refractivity contribution in [2.45, 2.75) is 64.8 Å². The first kappa shape index (κ1) is 15.7. The highest BCUT2D eigenvalue weighted by Crippen LogP contribution is 2.43. The van der Waals surface area contributed by atoms with Gasteiger partial charge < -0.3 is 9.47 Å². The Hall–Kier alpha value is -0.670. The van der Waals surface area contributed by atoms with E-state index in [0.29, 0.717) is 24.7 Å². The van der Waals surface area contributed by atoms with Crippen LogP contribution in [0.15, 0.2) is 12.7 Å².